The van der Waals surface area contributed by atoms with E-state index in [-0.39, 0.29) is 5.54 Å². The fourth-order valence-electron chi connectivity index (χ4n) is 2.04. The zero-order chi connectivity index (χ0) is 13.7. The highest BCUT2D eigenvalue weighted by atomic mass is 15.1. The van der Waals surface area contributed by atoms with Crippen molar-refractivity contribution in [3.8, 4) is 0 Å². The zero-order valence-corrected chi connectivity index (χ0v) is 12.1. The molecule has 0 atom stereocenters. The van der Waals surface area contributed by atoms with Gasteiger partial charge < -0.3 is 15.2 Å². The van der Waals surface area contributed by atoms with Crippen molar-refractivity contribution in [1.29, 1.82) is 0 Å². The van der Waals surface area contributed by atoms with Crippen LogP contribution in [0.4, 0.5) is 0 Å². The van der Waals surface area contributed by atoms with Crippen molar-refractivity contribution in [2.75, 3.05) is 19.6 Å². The van der Waals surface area contributed by atoms with Crippen LogP contribution in [0.2, 0.25) is 0 Å². The monoisotopic (exact) mass is 260 g/mol. The van der Waals surface area contributed by atoms with E-state index in [1.807, 2.05) is 18.5 Å². The molecular weight excluding hydrogens is 236 g/mol. The summed E-state index contributed by atoms with van der Waals surface area (Å²) >= 11 is 0. The number of aromatic nitrogens is 2. The predicted molar refractivity (Wildman–Crippen MR) is 80.4 cm³/mol. The highest BCUT2D eigenvalue weighted by Gasteiger charge is 2.06. The lowest BCUT2D eigenvalue weighted by molar-refractivity contribution is 0.420. The molecule has 0 fully saturated rings. The van der Waals surface area contributed by atoms with Crippen LogP contribution < -0.4 is 10.6 Å². The molecule has 0 saturated heterocycles. The van der Waals surface area contributed by atoms with Crippen LogP contribution in [-0.2, 0) is 6.54 Å². The fraction of sp³-hybridized carbons (Fsp3) is 0.533. The van der Waals surface area contributed by atoms with Gasteiger partial charge in [0.1, 0.15) is 0 Å². The molecule has 1 heterocycles. The van der Waals surface area contributed by atoms with E-state index in [0.717, 1.165) is 31.7 Å². The summed E-state index contributed by atoms with van der Waals surface area (Å²) in [5.74, 6) is 0. The van der Waals surface area contributed by atoms with Crippen molar-refractivity contribution in [2.24, 2.45) is 0 Å². The lowest BCUT2D eigenvalue weighted by atomic mass is 10.1. The van der Waals surface area contributed by atoms with Crippen molar-refractivity contribution in [1.82, 2.24) is 20.2 Å². The number of imidazole rings is 1. The minimum Gasteiger partial charge on any atom is -0.329 e. The zero-order valence-electron chi connectivity index (χ0n) is 12.1. The van der Waals surface area contributed by atoms with Crippen LogP contribution in [0.1, 0.15) is 20.8 Å². The third-order valence-corrected chi connectivity index (χ3v) is 3.01. The Morgan fingerprint density at radius 1 is 1.11 bits per heavy atom. The maximum atomic E-state index is 4.39. The van der Waals surface area contributed by atoms with Crippen LogP contribution in [0.5, 0.6) is 0 Å². The Balaban J connectivity index is 1.71. The first-order valence-corrected chi connectivity index (χ1v) is 6.92. The molecule has 0 amide bonds. The molecular formula is C15H24N4. The van der Waals surface area contributed by atoms with Gasteiger partial charge in [-0.15, -0.1) is 0 Å². The second-order valence-electron chi connectivity index (χ2n) is 5.85. The molecule has 1 aromatic heterocycles. The average molecular weight is 260 g/mol. The van der Waals surface area contributed by atoms with Crippen LogP contribution in [0.15, 0.2) is 30.6 Å². The van der Waals surface area contributed by atoms with Gasteiger partial charge >= 0.3 is 0 Å². The number of benzene rings is 1. The van der Waals surface area contributed by atoms with Gasteiger partial charge in [0.25, 0.3) is 0 Å². The summed E-state index contributed by atoms with van der Waals surface area (Å²) < 4.78 is 2.19. The molecule has 4 nitrogen and oxygen atoms in total. The maximum absolute atomic E-state index is 4.39. The lowest BCUT2D eigenvalue weighted by Crippen LogP contribution is -2.40. The van der Waals surface area contributed by atoms with E-state index in [1.54, 1.807) is 0 Å². The Kier molecular flexibility index (Phi) is 4.56. The van der Waals surface area contributed by atoms with E-state index < -0.39 is 0 Å². The molecule has 0 aliphatic rings. The Morgan fingerprint density at radius 2 is 1.89 bits per heavy atom. The fourth-order valence-corrected chi connectivity index (χ4v) is 2.04. The molecule has 0 spiro atoms. The van der Waals surface area contributed by atoms with Crippen molar-refractivity contribution < 1.29 is 0 Å². The van der Waals surface area contributed by atoms with Crippen molar-refractivity contribution in [2.45, 2.75) is 32.9 Å². The van der Waals surface area contributed by atoms with E-state index in [1.165, 1.54) is 5.52 Å². The number of fused-ring (bicyclic) bond motifs is 1. The average Bonchev–Trinajstić information content (AvgIpc) is 2.76. The SMILES string of the molecule is CC(C)(C)NCCNCCn1cnc2ccccc21. The van der Waals surface area contributed by atoms with E-state index in [9.17, 15) is 0 Å². The van der Waals surface area contributed by atoms with Gasteiger partial charge in [0.2, 0.25) is 0 Å². The molecule has 104 valence electrons. The molecule has 0 unspecified atom stereocenters. The highest BCUT2D eigenvalue weighted by Crippen LogP contribution is 2.10. The van der Waals surface area contributed by atoms with Gasteiger partial charge in [0.05, 0.1) is 17.4 Å². The standard InChI is InChI=1S/C15H24N4/c1-15(2,3)18-9-8-16-10-11-19-12-17-13-6-4-5-7-14(13)19/h4-7,12,16,18H,8-11H2,1-3H3. The highest BCUT2D eigenvalue weighted by molar-refractivity contribution is 5.74. The lowest BCUT2D eigenvalue weighted by Gasteiger charge is -2.20. The number of hydrogen-bond donors (Lipinski definition) is 2. The van der Waals surface area contributed by atoms with Gasteiger partial charge in [0, 0.05) is 31.7 Å². The minimum absolute atomic E-state index is 0.197. The van der Waals surface area contributed by atoms with Gasteiger partial charge in [-0.2, -0.15) is 0 Å². The van der Waals surface area contributed by atoms with Gasteiger partial charge in [-0.25, -0.2) is 4.98 Å². The summed E-state index contributed by atoms with van der Waals surface area (Å²) in [6, 6.07) is 8.24. The first kappa shape index (κ1) is 14.0. The van der Waals surface area contributed by atoms with Crippen molar-refractivity contribution in [3.05, 3.63) is 30.6 Å². The number of nitrogens with one attached hydrogen (secondary N) is 2. The summed E-state index contributed by atoms with van der Waals surface area (Å²) in [6.45, 7) is 10.5. The number of rotatable bonds is 6. The smallest absolute Gasteiger partial charge is 0.0958 e. The number of hydrogen-bond acceptors (Lipinski definition) is 3. The normalized spacial score (nSPS) is 12.2. The van der Waals surface area contributed by atoms with Gasteiger partial charge in [-0.3, -0.25) is 0 Å². The van der Waals surface area contributed by atoms with Crippen LogP contribution in [0.25, 0.3) is 11.0 Å². The molecule has 0 saturated carbocycles. The molecule has 0 bridgehead atoms. The van der Waals surface area contributed by atoms with E-state index >= 15 is 0 Å². The second-order valence-corrected chi connectivity index (χ2v) is 5.85. The van der Waals surface area contributed by atoms with E-state index in [0.29, 0.717) is 0 Å². The molecule has 2 N–H and O–H groups in total. The second kappa shape index (κ2) is 6.17. The Labute approximate surface area is 115 Å². The molecule has 2 aromatic rings. The molecule has 0 radical (unpaired) electrons. The van der Waals surface area contributed by atoms with E-state index in [2.05, 4.69) is 53.1 Å². The third kappa shape index (κ3) is 4.33. The van der Waals surface area contributed by atoms with E-state index in [4.69, 9.17) is 0 Å². The predicted octanol–water partition coefficient (Wildman–Crippen LogP) is 2.01. The number of nitrogens with zero attached hydrogens (tertiary/aromatic N) is 2. The quantitative estimate of drug-likeness (QED) is 0.781. The van der Waals surface area contributed by atoms with Crippen LogP contribution in [-0.4, -0.2) is 34.7 Å². The third-order valence-electron chi connectivity index (χ3n) is 3.01. The van der Waals surface area contributed by atoms with Crippen molar-refractivity contribution in [3.63, 3.8) is 0 Å². The topological polar surface area (TPSA) is 41.9 Å². The summed E-state index contributed by atoms with van der Waals surface area (Å²) in [4.78, 5) is 4.39. The Morgan fingerprint density at radius 3 is 2.68 bits per heavy atom. The minimum atomic E-state index is 0.197. The maximum Gasteiger partial charge on any atom is 0.0958 e. The molecule has 4 heteroatoms. The molecule has 2 rings (SSSR count). The van der Waals surface area contributed by atoms with Crippen LogP contribution in [0.3, 0.4) is 0 Å². The molecule has 1 aromatic carbocycles. The van der Waals surface area contributed by atoms with Gasteiger partial charge in [0.15, 0.2) is 0 Å². The summed E-state index contributed by atoms with van der Waals surface area (Å²) in [5, 5.41) is 6.91. The van der Waals surface area contributed by atoms with Crippen LogP contribution in [0, 0.1) is 0 Å². The van der Waals surface area contributed by atoms with Gasteiger partial charge in [-0.05, 0) is 32.9 Å². The first-order chi connectivity index (χ1) is 9.06. The summed E-state index contributed by atoms with van der Waals surface area (Å²) in [6.07, 6.45) is 1.92. The molecule has 0 aliphatic heterocycles. The largest absolute Gasteiger partial charge is 0.329 e. The molecule has 0 aliphatic carbocycles. The first-order valence-electron chi connectivity index (χ1n) is 6.92. The molecule has 19 heavy (non-hydrogen) atoms. The van der Waals surface area contributed by atoms with Gasteiger partial charge in [-0.1, -0.05) is 12.1 Å². The number of para-hydroxylation sites is 2. The van der Waals surface area contributed by atoms with Crippen LogP contribution >= 0.6 is 0 Å². The summed E-state index contributed by atoms with van der Waals surface area (Å²) in [5.41, 5.74) is 2.47. The Bertz CT molecular complexity index is 510. The Hall–Kier alpha value is -1.39. The summed E-state index contributed by atoms with van der Waals surface area (Å²) in [7, 11) is 0. The van der Waals surface area contributed by atoms with Crippen molar-refractivity contribution >= 4 is 11.0 Å².